The molecule has 3 atom stereocenters. The molecule has 0 spiro atoms. The Morgan fingerprint density at radius 1 is 0.610 bits per heavy atom. The molecule has 0 bridgehead atoms. The molecule has 20 heteroatoms. The summed E-state index contributed by atoms with van der Waals surface area (Å²) in [5.41, 5.74) is 5.32. The van der Waals surface area contributed by atoms with Crippen LogP contribution in [0.4, 0.5) is 0 Å². The number of carbonyl (C=O) groups excluding carboxylic acids is 5. The summed E-state index contributed by atoms with van der Waals surface area (Å²) in [5, 5.41) is 37.9. The molecule has 1 aromatic carbocycles. The standard InChI is InChI=1S/C39H63N5O15/c1-28(45)36(37(40)50)44-35(49)27-58-25-23-56-21-18-42-34(48)26-57-24-22-55-20-17-41-32(46)16-15-31(39(53)54)43-33(47)10-8-6-4-2-3-5-7-9-19-59-30-13-11-29(12-14-30)38(51)52/h11-14,28,31,36,45H,2-10,15-27H2,1H3,(H2,40,50)(H,41,46)(H,42,48)(H,43,47)(H,44,49)(H,51,52)(H,53,54)/t28-,31+,36+/m1/s1. The first-order valence-corrected chi connectivity index (χ1v) is 19.9. The minimum absolute atomic E-state index is 0.0559. The van der Waals surface area contributed by atoms with E-state index in [9.17, 15) is 43.8 Å². The predicted octanol–water partition coefficient (Wildman–Crippen LogP) is 0.274. The number of hydrogen-bond acceptors (Lipinski definition) is 13. The number of aliphatic hydroxyl groups excluding tert-OH is 1. The number of rotatable bonds is 37. The Bertz CT molecular complexity index is 1400. The van der Waals surface area contributed by atoms with Gasteiger partial charge in [0, 0.05) is 25.9 Å². The molecular weight excluding hydrogens is 778 g/mol. The molecule has 0 fully saturated rings. The van der Waals surface area contributed by atoms with Gasteiger partial charge in [-0.3, -0.25) is 24.0 Å². The Balaban J connectivity index is 1.96. The molecule has 9 N–H and O–H groups in total. The minimum atomic E-state index is -1.21. The highest BCUT2D eigenvalue weighted by Crippen LogP contribution is 2.14. The van der Waals surface area contributed by atoms with Gasteiger partial charge in [-0.15, -0.1) is 0 Å². The van der Waals surface area contributed by atoms with E-state index < -0.39 is 41.9 Å². The minimum Gasteiger partial charge on any atom is -0.494 e. The number of nitrogens with one attached hydrogen (secondary N) is 4. The Morgan fingerprint density at radius 3 is 1.68 bits per heavy atom. The van der Waals surface area contributed by atoms with Gasteiger partial charge >= 0.3 is 11.9 Å². The third kappa shape index (κ3) is 28.2. The molecule has 20 nitrogen and oxygen atoms in total. The highest BCUT2D eigenvalue weighted by molar-refractivity contribution is 5.88. The van der Waals surface area contributed by atoms with Crippen molar-refractivity contribution < 1.29 is 72.6 Å². The molecule has 0 unspecified atom stereocenters. The van der Waals surface area contributed by atoms with Crippen molar-refractivity contribution in [1.82, 2.24) is 21.3 Å². The van der Waals surface area contributed by atoms with Gasteiger partial charge in [-0.05, 0) is 50.5 Å². The topological polar surface area (TPSA) is 300 Å². The predicted molar refractivity (Wildman–Crippen MR) is 211 cm³/mol. The summed E-state index contributed by atoms with van der Waals surface area (Å²) in [7, 11) is 0. The number of nitrogens with two attached hydrogens (primary N) is 1. The lowest BCUT2D eigenvalue weighted by atomic mass is 10.1. The second kappa shape index (κ2) is 33.0. The summed E-state index contributed by atoms with van der Waals surface area (Å²) in [6.45, 7) is 2.63. The largest absolute Gasteiger partial charge is 0.494 e. The fourth-order valence-corrected chi connectivity index (χ4v) is 5.21. The number of hydrogen-bond donors (Lipinski definition) is 8. The van der Waals surface area contributed by atoms with Gasteiger partial charge < -0.3 is 66.0 Å². The summed E-state index contributed by atoms with van der Waals surface area (Å²) in [5.74, 6) is -4.14. The number of amides is 5. The third-order valence-corrected chi connectivity index (χ3v) is 8.41. The van der Waals surface area contributed by atoms with Crippen LogP contribution < -0.4 is 31.7 Å². The molecule has 0 aromatic heterocycles. The Morgan fingerprint density at radius 2 is 1.14 bits per heavy atom. The Hall–Kier alpha value is -4.89. The molecular formula is C39H63N5O15. The molecule has 1 aromatic rings. The number of aliphatic hydroxyl groups is 1. The fourth-order valence-electron chi connectivity index (χ4n) is 5.21. The van der Waals surface area contributed by atoms with Crippen LogP contribution in [0.25, 0.3) is 0 Å². The summed E-state index contributed by atoms with van der Waals surface area (Å²) in [6.07, 6.45) is 6.45. The zero-order valence-corrected chi connectivity index (χ0v) is 33.9. The first kappa shape index (κ1) is 52.1. The SMILES string of the molecule is C[C@@H](O)[C@H](NC(=O)COCCOCCNC(=O)COCCOCCNC(=O)CC[C@H](NC(=O)CCCCCCCCCCOc1ccc(C(=O)O)cc1)C(=O)O)C(N)=O. The van der Waals surface area contributed by atoms with Crippen LogP contribution in [-0.4, -0.2) is 148 Å². The van der Waals surface area contributed by atoms with Crippen LogP contribution in [0.2, 0.25) is 0 Å². The van der Waals surface area contributed by atoms with Gasteiger partial charge in [-0.25, -0.2) is 9.59 Å². The lowest BCUT2D eigenvalue weighted by Crippen LogP contribution is -2.51. The normalized spacial score (nSPS) is 12.4. The smallest absolute Gasteiger partial charge is 0.335 e. The van der Waals surface area contributed by atoms with Crippen LogP contribution in [0.15, 0.2) is 24.3 Å². The van der Waals surface area contributed by atoms with E-state index in [1.807, 2.05) is 0 Å². The highest BCUT2D eigenvalue weighted by Gasteiger charge is 2.23. The molecule has 1 rings (SSSR count). The van der Waals surface area contributed by atoms with Gasteiger partial charge in [0.2, 0.25) is 29.5 Å². The quantitative estimate of drug-likeness (QED) is 0.0417. The Kier molecular flexibility index (Phi) is 29.2. The van der Waals surface area contributed by atoms with Crippen molar-refractivity contribution in [1.29, 1.82) is 0 Å². The highest BCUT2D eigenvalue weighted by atomic mass is 16.5. The van der Waals surface area contributed by atoms with Crippen molar-refractivity contribution in [2.45, 2.75) is 95.7 Å². The van der Waals surface area contributed by atoms with Crippen LogP contribution in [0, 0.1) is 0 Å². The number of carboxylic acid groups (broad SMARTS) is 2. The van der Waals surface area contributed by atoms with E-state index in [0.29, 0.717) is 18.8 Å². The number of benzene rings is 1. The monoisotopic (exact) mass is 841 g/mol. The number of aromatic carboxylic acids is 1. The van der Waals surface area contributed by atoms with Crippen LogP contribution >= 0.6 is 0 Å². The molecule has 334 valence electrons. The summed E-state index contributed by atoms with van der Waals surface area (Å²) in [4.78, 5) is 81.8. The van der Waals surface area contributed by atoms with Gasteiger partial charge in [0.25, 0.3) is 0 Å². The number of unbranched alkanes of at least 4 members (excludes halogenated alkanes) is 7. The van der Waals surface area contributed by atoms with Crippen molar-refractivity contribution in [3.8, 4) is 5.75 Å². The summed E-state index contributed by atoms with van der Waals surface area (Å²) in [6, 6.07) is 3.93. The lowest BCUT2D eigenvalue weighted by molar-refractivity contribution is -0.142. The van der Waals surface area contributed by atoms with E-state index in [-0.39, 0.29) is 108 Å². The van der Waals surface area contributed by atoms with Crippen LogP contribution in [0.3, 0.4) is 0 Å². The molecule has 0 heterocycles. The average Bonchev–Trinajstić information content (AvgIpc) is 3.19. The second-order valence-electron chi connectivity index (χ2n) is 13.5. The second-order valence-corrected chi connectivity index (χ2v) is 13.5. The number of aliphatic carboxylic acids is 1. The molecule has 0 aliphatic heterocycles. The van der Waals surface area contributed by atoms with Gasteiger partial charge in [-0.2, -0.15) is 0 Å². The molecule has 0 saturated carbocycles. The molecule has 5 amide bonds. The number of primary amides is 1. The zero-order chi connectivity index (χ0) is 43.7. The van der Waals surface area contributed by atoms with E-state index in [4.69, 9.17) is 34.5 Å². The summed E-state index contributed by atoms with van der Waals surface area (Å²) < 4.78 is 26.7. The first-order chi connectivity index (χ1) is 28.3. The maximum absolute atomic E-state index is 12.3. The van der Waals surface area contributed by atoms with Crippen molar-refractivity contribution in [3.63, 3.8) is 0 Å². The summed E-state index contributed by atoms with van der Waals surface area (Å²) >= 11 is 0. The van der Waals surface area contributed by atoms with E-state index in [1.54, 1.807) is 12.1 Å². The maximum atomic E-state index is 12.3. The van der Waals surface area contributed by atoms with Crippen molar-refractivity contribution >= 4 is 41.5 Å². The zero-order valence-electron chi connectivity index (χ0n) is 33.9. The van der Waals surface area contributed by atoms with E-state index in [1.165, 1.54) is 19.1 Å². The molecule has 0 radical (unpaired) electrons. The van der Waals surface area contributed by atoms with E-state index >= 15 is 0 Å². The van der Waals surface area contributed by atoms with Crippen molar-refractivity contribution in [2.75, 3.05) is 72.6 Å². The third-order valence-electron chi connectivity index (χ3n) is 8.41. The molecule has 0 saturated heterocycles. The maximum Gasteiger partial charge on any atom is 0.335 e. The lowest BCUT2D eigenvalue weighted by Gasteiger charge is -2.17. The van der Waals surface area contributed by atoms with E-state index in [2.05, 4.69) is 21.3 Å². The first-order valence-electron chi connectivity index (χ1n) is 19.9. The van der Waals surface area contributed by atoms with Gasteiger partial charge in [0.15, 0.2) is 0 Å². The van der Waals surface area contributed by atoms with Gasteiger partial charge in [0.05, 0.1) is 57.9 Å². The number of carboxylic acids is 2. The van der Waals surface area contributed by atoms with Crippen LogP contribution in [0.1, 0.15) is 87.9 Å². The van der Waals surface area contributed by atoms with Crippen molar-refractivity contribution in [3.05, 3.63) is 29.8 Å². The van der Waals surface area contributed by atoms with E-state index in [0.717, 1.165) is 44.9 Å². The molecule has 0 aliphatic carbocycles. The van der Waals surface area contributed by atoms with Crippen molar-refractivity contribution in [2.24, 2.45) is 5.73 Å². The van der Waals surface area contributed by atoms with Crippen LogP contribution in [0.5, 0.6) is 5.75 Å². The number of carbonyl (C=O) groups is 7. The van der Waals surface area contributed by atoms with Crippen LogP contribution in [-0.2, 0) is 47.7 Å². The Labute approximate surface area is 344 Å². The molecule has 0 aliphatic rings. The van der Waals surface area contributed by atoms with Gasteiger partial charge in [0.1, 0.15) is 31.0 Å². The van der Waals surface area contributed by atoms with Gasteiger partial charge in [-0.1, -0.05) is 38.5 Å². The average molecular weight is 842 g/mol. The molecule has 59 heavy (non-hydrogen) atoms. The fraction of sp³-hybridized carbons (Fsp3) is 0.667. The number of ether oxygens (including phenoxy) is 5.